The molecule has 0 radical (unpaired) electrons. The number of urea groups is 2. The molecule has 0 unspecified atom stereocenters. The van der Waals surface area contributed by atoms with Crippen molar-refractivity contribution in [3.8, 4) is 0 Å². The number of phosphoric acid groups is 1. The Morgan fingerprint density at radius 1 is 1.13 bits per heavy atom. The Kier molecular flexibility index (Phi) is 13.8. The summed E-state index contributed by atoms with van der Waals surface area (Å²) in [5.74, 6) is 0. The lowest BCUT2D eigenvalue weighted by Crippen LogP contribution is -2.18. The summed E-state index contributed by atoms with van der Waals surface area (Å²) in [5, 5.41) is 0. The van der Waals surface area contributed by atoms with Crippen molar-refractivity contribution in [2.24, 2.45) is 22.9 Å². The third-order valence-electron chi connectivity index (χ3n) is 0.297. The van der Waals surface area contributed by atoms with E-state index in [2.05, 4.69) is 27.5 Å². The monoisotopic (exact) mass is 246 g/mol. The van der Waals surface area contributed by atoms with Crippen molar-refractivity contribution in [3.63, 3.8) is 0 Å². The van der Waals surface area contributed by atoms with Crippen LogP contribution < -0.4 is 22.9 Å². The Morgan fingerprint density at radius 2 is 1.33 bits per heavy atom. The minimum absolute atomic E-state index is 0.0459. The Labute approximate surface area is 85.8 Å². The number of carbonyl (C=O) groups is 2. The van der Waals surface area contributed by atoms with Gasteiger partial charge in [0.1, 0.15) is 0 Å². The van der Waals surface area contributed by atoms with E-state index in [0.717, 1.165) is 0 Å². The topological polar surface area (TPSA) is 205 Å². The number of carbonyl (C=O) groups excluding carboxylic acids is 2. The lowest BCUT2D eigenvalue weighted by atomic mass is 10.9. The van der Waals surface area contributed by atoms with Gasteiger partial charge in [-0.2, -0.15) is 0 Å². The number of phosphoric ester groups is 1. The number of hydrogen-bond acceptors (Lipinski definition) is 4. The molecule has 4 amide bonds. The van der Waals surface area contributed by atoms with Crippen LogP contribution in [0.1, 0.15) is 6.92 Å². The largest absolute Gasteiger partial charge is 0.469 e. The Hall–Kier alpha value is -1.35. The first-order valence-electron chi connectivity index (χ1n) is 3.32. The summed E-state index contributed by atoms with van der Waals surface area (Å²) in [6.07, 6.45) is 0. The second-order valence-electron chi connectivity index (χ2n) is 1.71. The van der Waals surface area contributed by atoms with Gasteiger partial charge in [-0.3, -0.25) is 4.52 Å². The van der Waals surface area contributed by atoms with Crippen LogP contribution in [-0.4, -0.2) is 28.5 Å². The summed E-state index contributed by atoms with van der Waals surface area (Å²) in [4.78, 5) is 33.8. The molecule has 0 heterocycles. The maximum Gasteiger partial charge on any atom is 0.469 e. The average molecular weight is 246 g/mol. The summed E-state index contributed by atoms with van der Waals surface area (Å²) in [6.45, 7) is 1.56. The highest BCUT2D eigenvalue weighted by atomic mass is 31.2. The molecular formula is C4H15N4O6P. The van der Waals surface area contributed by atoms with Crippen LogP contribution in [-0.2, 0) is 9.09 Å². The minimum atomic E-state index is -4.17. The molecule has 0 aliphatic rings. The van der Waals surface area contributed by atoms with Crippen LogP contribution in [0.3, 0.4) is 0 Å². The maximum absolute atomic E-state index is 9.70. The van der Waals surface area contributed by atoms with Gasteiger partial charge < -0.3 is 32.7 Å². The van der Waals surface area contributed by atoms with Gasteiger partial charge in [0.05, 0.1) is 6.61 Å². The van der Waals surface area contributed by atoms with Crippen molar-refractivity contribution in [2.45, 2.75) is 6.92 Å². The Bertz CT molecular complexity index is 207. The van der Waals surface area contributed by atoms with Crippen LogP contribution in [0, 0.1) is 0 Å². The van der Waals surface area contributed by atoms with Crippen LogP contribution in [0.2, 0.25) is 0 Å². The number of nitrogens with two attached hydrogens (primary N) is 4. The molecule has 10 N–H and O–H groups in total. The standard InChI is InChI=1S/C2H7O4P.2CH4N2O/c1-2-6-7(3,4)5;2*2-1(3)4/h2H2,1H3,(H2,3,4,5);2*(H4,2,3,4). The van der Waals surface area contributed by atoms with E-state index < -0.39 is 19.9 Å². The van der Waals surface area contributed by atoms with Crippen molar-refractivity contribution in [2.75, 3.05) is 6.61 Å². The van der Waals surface area contributed by atoms with E-state index in [1.165, 1.54) is 6.92 Å². The zero-order valence-corrected chi connectivity index (χ0v) is 8.89. The average Bonchev–Trinajstić information content (AvgIpc) is 1.79. The molecule has 15 heavy (non-hydrogen) atoms. The maximum atomic E-state index is 9.70. The summed E-state index contributed by atoms with van der Waals surface area (Å²) in [5.41, 5.74) is 17.0. The first-order chi connectivity index (χ1) is 6.52. The molecule has 92 valence electrons. The van der Waals surface area contributed by atoms with Gasteiger partial charge in [-0.25, -0.2) is 14.2 Å². The number of amides is 4. The highest BCUT2D eigenvalue weighted by Crippen LogP contribution is 2.34. The van der Waals surface area contributed by atoms with E-state index in [9.17, 15) is 4.57 Å². The van der Waals surface area contributed by atoms with Gasteiger partial charge in [0.25, 0.3) is 0 Å². The fourth-order valence-corrected chi connectivity index (χ4v) is 0.505. The zero-order chi connectivity index (χ0) is 13.1. The number of hydrogen-bond donors (Lipinski definition) is 6. The fourth-order valence-electron chi connectivity index (χ4n) is 0.168. The lowest BCUT2D eigenvalue weighted by Gasteiger charge is -1.98. The molecule has 0 aliphatic heterocycles. The molecular weight excluding hydrogens is 231 g/mol. The van der Waals surface area contributed by atoms with E-state index in [4.69, 9.17) is 19.4 Å². The van der Waals surface area contributed by atoms with Crippen molar-refractivity contribution in [1.29, 1.82) is 0 Å². The Balaban J connectivity index is -0.000000155. The van der Waals surface area contributed by atoms with Gasteiger partial charge in [-0.15, -0.1) is 0 Å². The van der Waals surface area contributed by atoms with E-state index in [1.54, 1.807) is 0 Å². The van der Waals surface area contributed by atoms with Crippen LogP contribution in [0.25, 0.3) is 0 Å². The van der Waals surface area contributed by atoms with Gasteiger partial charge in [-0.1, -0.05) is 0 Å². The first-order valence-corrected chi connectivity index (χ1v) is 4.85. The molecule has 0 spiro atoms. The summed E-state index contributed by atoms with van der Waals surface area (Å²) < 4.78 is 13.6. The smallest absolute Gasteiger partial charge is 0.352 e. The quantitative estimate of drug-likeness (QED) is 0.308. The third kappa shape index (κ3) is 204. The lowest BCUT2D eigenvalue weighted by molar-refractivity contribution is 0.206. The van der Waals surface area contributed by atoms with Crippen molar-refractivity contribution < 1.29 is 28.5 Å². The van der Waals surface area contributed by atoms with Crippen LogP contribution in [0.5, 0.6) is 0 Å². The molecule has 0 fully saturated rings. The van der Waals surface area contributed by atoms with Gasteiger partial charge in [0.2, 0.25) is 0 Å². The highest BCUT2D eigenvalue weighted by Gasteiger charge is 2.10. The second kappa shape index (κ2) is 10.7. The first kappa shape index (κ1) is 19.3. The molecule has 10 nitrogen and oxygen atoms in total. The van der Waals surface area contributed by atoms with E-state index in [1.807, 2.05) is 0 Å². The predicted molar refractivity (Wildman–Crippen MR) is 51.2 cm³/mol. The number of rotatable bonds is 2. The van der Waals surface area contributed by atoms with Crippen LogP contribution in [0.15, 0.2) is 0 Å². The molecule has 0 saturated heterocycles. The second-order valence-corrected chi connectivity index (χ2v) is 2.95. The minimum Gasteiger partial charge on any atom is -0.352 e. The van der Waals surface area contributed by atoms with Gasteiger partial charge >= 0.3 is 19.9 Å². The van der Waals surface area contributed by atoms with Gasteiger partial charge in [-0.05, 0) is 6.92 Å². The van der Waals surface area contributed by atoms with Crippen LogP contribution in [0.4, 0.5) is 9.59 Å². The normalized spacial score (nSPS) is 8.73. The van der Waals surface area contributed by atoms with E-state index in [0.29, 0.717) is 0 Å². The molecule has 11 heteroatoms. The summed E-state index contributed by atoms with van der Waals surface area (Å²) in [7, 11) is -4.17. The molecule has 0 bridgehead atoms. The predicted octanol–water partition coefficient (Wildman–Crippen LogP) is -1.84. The third-order valence-corrected chi connectivity index (χ3v) is 0.892. The number of primary amides is 4. The molecule has 0 aromatic rings. The van der Waals surface area contributed by atoms with Gasteiger partial charge in [0.15, 0.2) is 0 Å². The van der Waals surface area contributed by atoms with Crippen molar-refractivity contribution in [1.82, 2.24) is 0 Å². The van der Waals surface area contributed by atoms with Crippen molar-refractivity contribution >= 4 is 19.9 Å². The molecule has 0 atom stereocenters. The molecule has 0 rings (SSSR count). The summed E-state index contributed by atoms with van der Waals surface area (Å²) >= 11 is 0. The fraction of sp³-hybridized carbons (Fsp3) is 0.500. The summed E-state index contributed by atoms with van der Waals surface area (Å²) in [6, 6.07) is -1.67. The SMILES string of the molecule is CCOP(=O)(O)O.NC(N)=O.NC(N)=O. The van der Waals surface area contributed by atoms with E-state index in [-0.39, 0.29) is 6.61 Å². The van der Waals surface area contributed by atoms with Crippen molar-refractivity contribution in [3.05, 3.63) is 0 Å². The van der Waals surface area contributed by atoms with Crippen LogP contribution >= 0.6 is 7.82 Å². The molecule has 0 aliphatic carbocycles. The van der Waals surface area contributed by atoms with Gasteiger partial charge in [0, 0.05) is 0 Å². The zero-order valence-electron chi connectivity index (χ0n) is 7.99. The molecule has 0 saturated carbocycles. The molecule has 0 aromatic carbocycles. The molecule has 0 aromatic heterocycles. The highest BCUT2D eigenvalue weighted by molar-refractivity contribution is 7.46. The van der Waals surface area contributed by atoms with E-state index >= 15 is 0 Å². The Morgan fingerprint density at radius 3 is 1.33 bits per heavy atom.